The van der Waals surface area contributed by atoms with Crippen molar-refractivity contribution in [2.24, 2.45) is 17.8 Å². The third-order valence-corrected chi connectivity index (χ3v) is 6.15. The summed E-state index contributed by atoms with van der Waals surface area (Å²) < 4.78 is 5.15. The van der Waals surface area contributed by atoms with Crippen molar-refractivity contribution in [3.63, 3.8) is 0 Å². The van der Waals surface area contributed by atoms with Crippen LogP contribution in [0.4, 0.5) is 0 Å². The van der Waals surface area contributed by atoms with Gasteiger partial charge in [0, 0.05) is 25.4 Å². The maximum absolute atomic E-state index is 12.4. The zero-order valence-corrected chi connectivity index (χ0v) is 16.7. The number of rotatable bonds is 7. The van der Waals surface area contributed by atoms with E-state index in [1.807, 2.05) is 25.1 Å². The Morgan fingerprint density at radius 3 is 2.63 bits per heavy atom. The number of benzene rings is 1. The van der Waals surface area contributed by atoms with Crippen LogP contribution in [0.3, 0.4) is 0 Å². The molecule has 4 heteroatoms. The highest BCUT2D eigenvalue weighted by molar-refractivity contribution is 5.78. The first-order chi connectivity index (χ1) is 13.0. The Hall–Kier alpha value is -1.84. The molecule has 1 saturated carbocycles. The highest BCUT2D eigenvalue weighted by Crippen LogP contribution is 2.39. The molecular weight excluding hydrogens is 338 g/mol. The van der Waals surface area contributed by atoms with E-state index in [0.717, 1.165) is 32.2 Å². The average molecular weight is 372 g/mol. The van der Waals surface area contributed by atoms with Crippen molar-refractivity contribution < 1.29 is 14.3 Å². The standard InChI is InChI=1S/C23H33NO3/c1-3-27-23(26)15-20-12-17(2)11-19(13-20)14-21-9-10-22(25)24(21)16-18-7-5-4-6-8-18/h4-8,17,19-21H,3,9-16H2,1-2H3/t17-,19+,20-,21+/m1/s1. The molecule has 1 amide bonds. The second-order valence-corrected chi connectivity index (χ2v) is 8.49. The molecule has 0 radical (unpaired) electrons. The van der Waals surface area contributed by atoms with Crippen molar-refractivity contribution in [1.29, 1.82) is 0 Å². The third-order valence-electron chi connectivity index (χ3n) is 6.15. The molecule has 4 nitrogen and oxygen atoms in total. The molecule has 3 rings (SSSR count). The van der Waals surface area contributed by atoms with E-state index in [1.165, 1.54) is 12.0 Å². The van der Waals surface area contributed by atoms with Crippen LogP contribution in [-0.4, -0.2) is 29.4 Å². The monoisotopic (exact) mass is 371 g/mol. The topological polar surface area (TPSA) is 46.6 Å². The highest BCUT2D eigenvalue weighted by Gasteiger charge is 2.35. The predicted molar refractivity (Wildman–Crippen MR) is 106 cm³/mol. The maximum atomic E-state index is 12.4. The van der Waals surface area contributed by atoms with Gasteiger partial charge >= 0.3 is 5.97 Å². The lowest BCUT2D eigenvalue weighted by atomic mass is 9.72. The summed E-state index contributed by atoms with van der Waals surface area (Å²) in [6.07, 6.45) is 6.68. The second-order valence-electron chi connectivity index (χ2n) is 8.49. The fourth-order valence-electron chi connectivity index (χ4n) is 5.13. The number of hydrogen-bond donors (Lipinski definition) is 0. The van der Waals surface area contributed by atoms with Gasteiger partial charge in [-0.2, -0.15) is 0 Å². The van der Waals surface area contributed by atoms with Crippen molar-refractivity contribution in [1.82, 2.24) is 4.90 Å². The Balaban J connectivity index is 1.58. The second kappa shape index (κ2) is 9.38. The van der Waals surface area contributed by atoms with Gasteiger partial charge in [-0.3, -0.25) is 9.59 Å². The number of esters is 1. The summed E-state index contributed by atoms with van der Waals surface area (Å²) in [4.78, 5) is 26.4. The molecule has 2 aliphatic rings. The van der Waals surface area contributed by atoms with Crippen molar-refractivity contribution >= 4 is 11.9 Å². The minimum absolute atomic E-state index is 0.0582. The van der Waals surface area contributed by atoms with Crippen molar-refractivity contribution in [2.45, 2.75) is 71.4 Å². The van der Waals surface area contributed by atoms with E-state index >= 15 is 0 Å². The highest BCUT2D eigenvalue weighted by atomic mass is 16.5. The van der Waals surface area contributed by atoms with Crippen LogP contribution >= 0.6 is 0 Å². The molecule has 1 saturated heterocycles. The van der Waals surface area contributed by atoms with E-state index in [4.69, 9.17) is 4.74 Å². The number of ether oxygens (including phenoxy) is 1. The van der Waals surface area contributed by atoms with Crippen LogP contribution in [0.5, 0.6) is 0 Å². The summed E-state index contributed by atoms with van der Waals surface area (Å²) in [5.41, 5.74) is 1.20. The number of likely N-dealkylation sites (tertiary alicyclic amines) is 1. The molecule has 1 aromatic rings. The molecule has 0 bridgehead atoms. The van der Waals surface area contributed by atoms with Gasteiger partial charge in [0.05, 0.1) is 6.61 Å². The van der Waals surface area contributed by atoms with Crippen LogP contribution in [-0.2, 0) is 20.9 Å². The fraction of sp³-hybridized carbons (Fsp3) is 0.652. The first-order valence-electron chi connectivity index (χ1n) is 10.5. The molecule has 148 valence electrons. The predicted octanol–water partition coefficient (Wildman–Crippen LogP) is 4.57. The van der Waals surface area contributed by atoms with Crippen LogP contribution in [0.2, 0.25) is 0 Å². The van der Waals surface area contributed by atoms with Gasteiger partial charge in [0.25, 0.3) is 0 Å². The smallest absolute Gasteiger partial charge is 0.306 e. The Labute approximate surface area is 163 Å². The van der Waals surface area contributed by atoms with Crippen LogP contribution in [0.15, 0.2) is 30.3 Å². The number of nitrogens with zero attached hydrogens (tertiary/aromatic N) is 1. The van der Waals surface area contributed by atoms with Gasteiger partial charge in [-0.1, -0.05) is 37.3 Å². The minimum atomic E-state index is -0.0582. The van der Waals surface area contributed by atoms with Gasteiger partial charge < -0.3 is 9.64 Å². The molecule has 1 aromatic carbocycles. The molecule has 0 unspecified atom stereocenters. The van der Waals surface area contributed by atoms with Crippen LogP contribution in [0.25, 0.3) is 0 Å². The summed E-state index contributed by atoms with van der Waals surface area (Å²) >= 11 is 0. The maximum Gasteiger partial charge on any atom is 0.306 e. The zero-order valence-electron chi connectivity index (χ0n) is 16.7. The molecule has 27 heavy (non-hydrogen) atoms. The van der Waals surface area contributed by atoms with Crippen LogP contribution < -0.4 is 0 Å². The summed E-state index contributed by atoms with van der Waals surface area (Å²) in [6.45, 7) is 5.34. The number of amides is 1. The van der Waals surface area contributed by atoms with Gasteiger partial charge in [-0.25, -0.2) is 0 Å². The van der Waals surface area contributed by atoms with Gasteiger partial charge in [0.1, 0.15) is 0 Å². The third kappa shape index (κ3) is 5.57. The largest absolute Gasteiger partial charge is 0.466 e. The van der Waals surface area contributed by atoms with Gasteiger partial charge in [0.2, 0.25) is 5.91 Å². The van der Waals surface area contributed by atoms with E-state index in [-0.39, 0.29) is 11.9 Å². The number of hydrogen-bond acceptors (Lipinski definition) is 3. The van der Waals surface area contributed by atoms with Gasteiger partial charge in [0.15, 0.2) is 0 Å². The SMILES string of the molecule is CCOC(=O)C[C@@H]1C[C@H](C)C[C@H](C[C@@H]2CCC(=O)N2Cc2ccccc2)C1. The first kappa shape index (κ1) is 19.9. The molecule has 0 spiro atoms. The van der Waals surface area contributed by atoms with E-state index in [2.05, 4.69) is 24.0 Å². The summed E-state index contributed by atoms with van der Waals surface area (Å²) in [5.74, 6) is 1.90. The van der Waals surface area contributed by atoms with Crippen molar-refractivity contribution in [2.75, 3.05) is 6.61 Å². The van der Waals surface area contributed by atoms with Crippen molar-refractivity contribution in [3.05, 3.63) is 35.9 Å². The molecule has 1 aliphatic carbocycles. The van der Waals surface area contributed by atoms with E-state index in [9.17, 15) is 9.59 Å². The molecule has 1 aliphatic heterocycles. The summed E-state index contributed by atoms with van der Waals surface area (Å²) in [6, 6.07) is 10.6. The van der Waals surface area contributed by atoms with E-state index in [1.54, 1.807) is 0 Å². The lowest BCUT2D eigenvalue weighted by Crippen LogP contribution is -2.35. The fourth-order valence-corrected chi connectivity index (χ4v) is 5.13. The molecule has 2 fully saturated rings. The van der Waals surface area contributed by atoms with E-state index in [0.29, 0.717) is 43.2 Å². The van der Waals surface area contributed by atoms with Crippen LogP contribution in [0, 0.1) is 17.8 Å². The quantitative estimate of drug-likeness (QED) is 0.660. The van der Waals surface area contributed by atoms with Crippen molar-refractivity contribution in [3.8, 4) is 0 Å². The Bertz CT molecular complexity index is 630. The molecule has 0 aromatic heterocycles. The average Bonchev–Trinajstić information content (AvgIpc) is 2.95. The molecule has 4 atom stereocenters. The Kier molecular flexibility index (Phi) is 6.92. The minimum Gasteiger partial charge on any atom is -0.466 e. The van der Waals surface area contributed by atoms with Crippen LogP contribution in [0.1, 0.15) is 64.4 Å². The summed E-state index contributed by atoms with van der Waals surface area (Å²) in [7, 11) is 0. The molecule has 1 heterocycles. The number of carbonyl (C=O) groups excluding carboxylic acids is 2. The lowest BCUT2D eigenvalue weighted by Gasteiger charge is -2.36. The van der Waals surface area contributed by atoms with E-state index < -0.39 is 0 Å². The molecular formula is C23H33NO3. The molecule has 0 N–H and O–H groups in total. The Morgan fingerprint density at radius 2 is 1.89 bits per heavy atom. The lowest BCUT2D eigenvalue weighted by molar-refractivity contribution is -0.144. The first-order valence-corrected chi connectivity index (χ1v) is 10.5. The van der Waals surface area contributed by atoms with Gasteiger partial charge in [-0.05, 0) is 62.3 Å². The van der Waals surface area contributed by atoms with Gasteiger partial charge in [-0.15, -0.1) is 0 Å². The Morgan fingerprint density at radius 1 is 1.15 bits per heavy atom. The number of carbonyl (C=O) groups is 2. The normalized spacial score (nSPS) is 28.4. The zero-order chi connectivity index (χ0) is 19.2. The summed E-state index contributed by atoms with van der Waals surface area (Å²) in [5, 5.41) is 0.